The van der Waals surface area contributed by atoms with Gasteiger partial charge in [-0.15, -0.1) is 0 Å². The maximum atomic E-state index is 11.6. The quantitative estimate of drug-likeness (QED) is 0.745. The average Bonchev–Trinajstić information content (AvgIpc) is 2.40. The van der Waals surface area contributed by atoms with E-state index in [1.54, 1.807) is 13.1 Å². The minimum atomic E-state index is -2.05. The Bertz CT molecular complexity index is 460. The van der Waals surface area contributed by atoms with Crippen LogP contribution in [0.5, 0.6) is 5.75 Å². The molecule has 6 heteroatoms. The highest BCUT2D eigenvalue weighted by Crippen LogP contribution is 2.32. The first kappa shape index (κ1) is 11.1. The number of amides is 1. The Labute approximate surface area is 95.3 Å². The second-order valence-corrected chi connectivity index (χ2v) is 4.40. The Morgan fingerprint density at radius 3 is 2.94 bits per heavy atom. The van der Waals surface area contributed by atoms with Gasteiger partial charge in [0.2, 0.25) is 5.91 Å². The Morgan fingerprint density at radius 2 is 2.25 bits per heavy atom. The number of hydrogen-bond donors (Lipinski definition) is 1. The monoisotopic (exact) mass is 241 g/mol. The van der Waals surface area contributed by atoms with Crippen LogP contribution >= 0.6 is 0 Å². The summed E-state index contributed by atoms with van der Waals surface area (Å²) in [5.41, 5.74) is 0.530. The first-order chi connectivity index (χ1) is 7.59. The first-order valence-electron chi connectivity index (χ1n) is 4.74. The molecule has 1 amide bonds. The lowest BCUT2D eigenvalue weighted by Crippen LogP contribution is -2.25. The van der Waals surface area contributed by atoms with E-state index in [4.69, 9.17) is 9.29 Å². The van der Waals surface area contributed by atoms with Crippen molar-refractivity contribution in [2.24, 2.45) is 0 Å². The van der Waals surface area contributed by atoms with Gasteiger partial charge in [0, 0.05) is 7.05 Å². The summed E-state index contributed by atoms with van der Waals surface area (Å²) < 4.78 is 25.3. The van der Waals surface area contributed by atoms with Gasteiger partial charge in [0.15, 0.2) is 11.1 Å². The van der Waals surface area contributed by atoms with Crippen molar-refractivity contribution < 1.29 is 18.3 Å². The lowest BCUT2D eigenvalue weighted by molar-refractivity contribution is -0.118. The molecule has 1 N–H and O–H groups in total. The standard InChI is InChI=1S/C10H11NO4S/c1-11-8-6-7(16(13)14)2-3-9(8)15-5-4-10(11)12/h2-3,6H,4-5H2,1H3,(H,13,14). The second-order valence-electron chi connectivity index (χ2n) is 3.43. The van der Waals surface area contributed by atoms with Gasteiger partial charge in [-0.2, -0.15) is 0 Å². The molecule has 86 valence electrons. The smallest absolute Gasteiger partial charge is 0.230 e. The van der Waals surface area contributed by atoms with E-state index >= 15 is 0 Å². The van der Waals surface area contributed by atoms with Gasteiger partial charge >= 0.3 is 0 Å². The van der Waals surface area contributed by atoms with Crippen molar-refractivity contribution in [3.05, 3.63) is 18.2 Å². The molecule has 0 aromatic heterocycles. The second kappa shape index (κ2) is 4.23. The lowest BCUT2D eigenvalue weighted by Gasteiger charge is -2.16. The SMILES string of the molecule is CN1C(=O)CCOc2ccc(S(=O)O)cc21. The number of ether oxygens (including phenoxy) is 1. The van der Waals surface area contributed by atoms with Crippen LogP contribution in [0, 0.1) is 0 Å². The van der Waals surface area contributed by atoms with Crippen LogP contribution in [0.15, 0.2) is 23.1 Å². The molecular formula is C10H11NO4S. The van der Waals surface area contributed by atoms with Crippen LogP contribution < -0.4 is 9.64 Å². The molecule has 0 aliphatic carbocycles. The molecule has 0 radical (unpaired) electrons. The topological polar surface area (TPSA) is 66.8 Å². The highest BCUT2D eigenvalue weighted by atomic mass is 32.2. The summed E-state index contributed by atoms with van der Waals surface area (Å²) in [6.07, 6.45) is 0.308. The van der Waals surface area contributed by atoms with Gasteiger partial charge in [-0.1, -0.05) is 0 Å². The number of carbonyl (C=O) groups excluding carboxylic acids is 1. The van der Waals surface area contributed by atoms with Crippen molar-refractivity contribution in [3.63, 3.8) is 0 Å². The van der Waals surface area contributed by atoms with Crippen LogP contribution in [0.2, 0.25) is 0 Å². The van der Waals surface area contributed by atoms with Crippen molar-refractivity contribution >= 4 is 22.7 Å². The Hall–Kier alpha value is -1.40. The van der Waals surface area contributed by atoms with Gasteiger partial charge in [0.05, 0.1) is 23.6 Å². The minimum absolute atomic E-state index is 0.0698. The normalized spacial score (nSPS) is 17.4. The lowest BCUT2D eigenvalue weighted by atomic mass is 10.2. The van der Waals surface area contributed by atoms with E-state index in [9.17, 15) is 9.00 Å². The Balaban J connectivity index is 2.50. The largest absolute Gasteiger partial charge is 0.491 e. The molecule has 1 heterocycles. The fourth-order valence-electron chi connectivity index (χ4n) is 1.54. The summed E-state index contributed by atoms with van der Waals surface area (Å²) >= 11 is -2.05. The zero-order valence-electron chi connectivity index (χ0n) is 8.67. The minimum Gasteiger partial charge on any atom is -0.491 e. The molecule has 1 aliphatic heterocycles. The van der Waals surface area contributed by atoms with Crippen LogP contribution in [-0.2, 0) is 15.9 Å². The van der Waals surface area contributed by atoms with E-state index in [-0.39, 0.29) is 10.8 Å². The number of anilines is 1. The molecule has 0 spiro atoms. The van der Waals surface area contributed by atoms with Crippen molar-refractivity contribution in [1.29, 1.82) is 0 Å². The number of carbonyl (C=O) groups is 1. The molecule has 1 aromatic rings. The van der Waals surface area contributed by atoms with Crippen molar-refractivity contribution in [2.75, 3.05) is 18.6 Å². The van der Waals surface area contributed by atoms with Crippen molar-refractivity contribution in [3.8, 4) is 5.75 Å². The van der Waals surface area contributed by atoms with E-state index in [1.165, 1.54) is 17.0 Å². The first-order valence-corrected chi connectivity index (χ1v) is 5.84. The van der Waals surface area contributed by atoms with Crippen LogP contribution in [0.25, 0.3) is 0 Å². The highest BCUT2D eigenvalue weighted by molar-refractivity contribution is 7.79. The predicted molar refractivity (Wildman–Crippen MR) is 59.0 cm³/mol. The number of benzene rings is 1. The van der Waals surface area contributed by atoms with Gasteiger partial charge in [-0.3, -0.25) is 4.79 Å². The maximum absolute atomic E-state index is 11.6. The third-order valence-corrected chi connectivity index (χ3v) is 3.10. The van der Waals surface area contributed by atoms with Crippen molar-refractivity contribution in [2.45, 2.75) is 11.3 Å². The third-order valence-electron chi connectivity index (χ3n) is 2.44. The van der Waals surface area contributed by atoms with Gasteiger partial charge < -0.3 is 14.2 Å². The Morgan fingerprint density at radius 1 is 1.50 bits per heavy atom. The number of hydrogen-bond acceptors (Lipinski definition) is 3. The third kappa shape index (κ3) is 1.94. The van der Waals surface area contributed by atoms with Gasteiger partial charge in [0.1, 0.15) is 5.75 Å². The predicted octanol–water partition coefficient (Wildman–Crippen LogP) is 1.01. The highest BCUT2D eigenvalue weighted by Gasteiger charge is 2.20. The molecule has 0 fully saturated rings. The van der Waals surface area contributed by atoms with E-state index in [0.717, 1.165) is 0 Å². The molecule has 0 saturated carbocycles. The summed E-state index contributed by atoms with van der Waals surface area (Å²) in [4.78, 5) is 13.3. The number of fused-ring (bicyclic) bond motifs is 1. The van der Waals surface area contributed by atoms with Crippen LogP contribution in [0.1, 0.15) is 6.42 Å². The molecular weight excluding hydrogens is 230 g/mol. The van der Waals surface area contributed by atoms with Crippen LogP contribution in [0.3, 0.4) is 0 Å². The maximum Gasteiger partial charge on any atom is 0.230 e. The van der Waals surface area contributed by atoms with E-state index in [2.05, 4.69) is 0 Å². The van der Waals surface area contributed by atoms with Crippen molar-refractivity contribution in [1.82, 2.24) is 0 Å². The van der Waals surface area contributed by atoms with Gasteiger partial charge in [0.25, 0.3) is 0 Å². The van der Waals surface area contributed by atoms with Gasteiger partial charge in [-0.05, 0) is 18.2 Å². The summed E-state index contributed by atoms with van der Waals surface area (Å²) in [6, 6.07) is 4.61. The van der Waals surface area contributed by atoms with E-state index in [0.29, 0.717) is 24.5 Å². The molecule has 1 unspecified atom stereocenters. The molecule has 0 saturated heterocycles. The Kier molecular flexibility index (Phi) is 2.93. The summed E-state index contributed by atoms with van der Waals surface area (Å²) in [5.74, 6) is 0.488. The molecule has 2 rings (SSSR count). The fourth-order valence-corrected chi connectivity index (χ4v) is 1.94. The average molecular weight is 241 g/mol. The summed E-state index contributed by atoms with van der Waals surface area (Å²) in [6.45, 7) is 0.331. The molecule has 5 nitrogen and oxygen atoms in total. The molecule has 1 aromatic carbocycles. The zero-order valence-corrected chi connectivity index (χ0v) is 9.49. The van der Waals surface area contributed by atoms with E-state index < -0.39 is 11.1 Å². The molecule has 1 aliphatic rings. The molecule has 0 bridgehead atoms. The fraction of sp³-hybridized carbons (Fsp3) is 0.300. The molecule has 16 heavy (non-hydrogen) atoms. The number of nitrogens with zero attached hydrogens (tertiary/aromatic N) is 1. The number of rotatable bonds is 1. The van der Waals surface area contributed by atoms with E-state index in [1.807, 2.05) is 0 Å². The van der Waals surface area contributed by atoms with Gasteiger partial charge in [-0.25, -0.2) is 4.21 Å². The van der Waals surface area contributed by atoms with Crippen LogP contribution in [0.4, 0.5) is 5.69 Å². The van der Waals surface area contributed by atoms with Crippen LogP contribution in [-0.4, -0.2) is 28.3 Å². The molecule has 1 atom stereocenters. The summed E-state index contributed by atoms with van der Waals surface area (Å²) in [7, 11) is 1.62. The zero-order chi connectivity index (χ0) is 11.7. The summed E-state index contributed by atoms with van der Waals surface area (Å²) in [5, 5.41) is 0.